The van der Waals surface area contributed by atoms with Crippen LogP contribution in [0.4, 0.5) is 13.6 Å². The van der Waals surface area contributed by atoms with Crippen molar-refractivity contribution in [3.63, 3.8) is 0 Å². The predicted octanol–water partition coefficient (Wildman–Crippen LogP) is 4.76. The largest absolute Gasteiger partial charge is 0.481 e. The van der Waals surface area contributed by atoms with Crippen molar-refractivity contribution in [2.24, 2.45) is 11.3 Å². The van der Waals surface area contributed by atoms with E-state index >= 15 is 0 Å². The molecule has 2 aliphatic carbocycles. The van der Waals surface area contributed by atoms with Gasteiger partial charge in [-0.25, -0.2) is 13.6 Å². The Morgan fingerprint density at radius 1 is 1.06 bits per heavy atom. The SMILES string of the molecule is O=C(OCC1c2ccccc2-c2ccccc21)N1CC2CCCC(C(=O)O)(C1)C2(F)F. The quantitative estimate of drug-likeness (QED) is 0.767. The van der Waals surface area contributed by atoms with Crippen LogP contribution in [0.3, 0.4) is 0 Å². The van der Waals surface area contributed by atoms with E-state index < -0.39 is 35.9 Å². The molecule has 5 nitrogen and oxygen atoms in total. The zero-order chi connectivity index (χ0) is 21.8. The van der Waals surface area contributed by atoms with Crippen LogP contribution in [0.2, 0.25) is 0 Å². The maximum absolute atomic E-state index is 14.9. The van der Waals surface area contributed by atoms with Gasteiger partial charge in [-0.1, -0.05) is 55.0 Å². The highest BCUT2D eigenvalue weighted by molar-refractivity contribution is 5.80. The fourth-order valence-corrected chi connectivity index (χ4v) is 5.58. The van der Waals surface area contributed by atoms with Crippen LogP contribution in [0.15, 0.2) is 48.5 Å². The van der Waals surface area contributed by atoms with Crippen molar-refractivity contribution >= 4 is 12.1 Å². The van der Waals surface area contributed by atoms with Crippen LogP contribution in [0, 0.1) is 11.3 Å². The molecule has 7 heteroatoms. The molecule has 1 saturated heterocycles. The van der Waals surface area contributed by atoms with Gasteiger partial charge in [0.25, 0.3) is 5.92 Å². The number of hydrogen-bond acceptors (Lipinski definition) is 3. The number of amides is 1. The number of likely N-dealkylation sites (tertiary alicyclic amines) is 1. The van der Waals surface area contributed by atoms with Gasteiger partial charge >= 0.3 is 12.1 Å². The molecule has 31 heavy (non-hydrogen) atoms. The van der Waals surface area contributed by atoms with Crippen LogP contribution in [-0.4, -0.2) is 47.7 Å². The normalized spacial score (nSPS) is 26.1. The van der Waals surface area contributed by atoms with Crippen LogP contribution < -0.4 is 0 Å². The van der Waals surface area contributed by atoms with Gasteiger partial charge in [0.1, 0.15) is 12.0 Å². The minimum atomic E-state index is -3.34. The summed E-state index contributed by atoms with van der Waals surface area (Å²) in [5, 5.41) is 9.64. The van der Waals surface area contributed by atoms with Gasteiger partial charge < -0.3 is 14.7 Å². The zero-order valence-corrected chi connectivity index (χ0v) is 16.9. The molecule has 1 saturated carbocycles. The molecule has 2 aromatic rings. The molecule has 1 heterocycles. The van der Waals surface area contributed by atoms with Gasteiger partial charge in [-0.2, -0.15) is 0 Å². The van der Waals surface area contributed by atoms with Crippen molar-refractivity contribution in [2.75, 3.05) is 19.7 Å². The van der Waals surface area contributed by atoms with E-state index in [1.807, 2.05) is 48.5 Å². The van der Waals surface area contributed by atoms with Gasteiger partial charge in [0.15, 0.2) is 0 Å². The maximum Gasteiger partial charge on any atom is 0.409 e. The summed E-state index contributed by atoms with van der Waals surface area (Å²) in [4.78, 5) is 25.9. The number of alkyl halides is 2. The Hall–Kier alpha value is -2.96. The van der Waals surface area contributed by atoms with E-state index in [4.69, 9.17) is 4.74 Å². The first kappa shape index (κ1) is 20.0. The summed E-state index contributed by atoms with van der Waals surface area (Å²) < 4.78 is 35.3. The lowest BCUT2D eigenvalue weighted by Crippen LogP contribution is -2.66. The maximum atomic E-state index is 14.9. The lowest BCUT2D eigenvalue weighted by molar-refractivity contribution is -0.230. The van der Waals surface area contributed by atoms with Crippen molar-refractivity contribution in [1.82, 2.24) is 4.90 Å². The van der Waals surface area contributed by atoms with Crippen molar-refractivity contribution in [2.45, 2.75) is 31.1 Å². The highest BCUT2D eigenvalue weighted by Gasteiger charge is 2.68. The van der Waals surface area contributed by atoms with E-state index in [0.717, 1.165) is 22.3 Å². The summed E-state index contributed by atoms with van der Waals surface area (Å²) in [5.74, 6) is -6.18. The number of piperidine rings is 1. The first-order valence-corrected chi connectivity index (χ1v) is 10.6. The molecule has 1 aliphatic heterocycles. The minimum Gasteiger partial charge on any atom is -0.481 e. The minimum absolute atomic E-state index is 0.0739. The Balaban J connectivity index is 1.36. The number of aliphatic carboxylic acids is 1. The Bertz CT molecular complexity index is 1010. The Labute approximate surface area is 178 Å². The lowest BCUT2D eigenvalue weighted by Gasteiger charge is -2.51. The average molecular weight is 427 g/mol. The number of carboxylic acids is 1. The second-order valence-corrected chi connectivity index (χ2v) is 8.78. The van der Waals surface area contributed by atoms with Crippen LogP contribution in [-0.2, 0) is 9.53 Å². The molecule has 0 radical (unpaired) electrons. The molecule has 2 fully saturated rings. The molecular formula is C24H23F2NO4. The molecule has 1 N–H and O–H groups in total. The second kappa shape index (κ2) is 7.04. The fourth-order valence-electron chi connectivity index (χ4n) is 5.58. The first-order valence-electron chi connectivity index (χ1n) is 10.6. The number of benzene rings is 2. The Kier molecular flexibility index (Phi) is 4.53. The molecule has 2 bridgehead atoms. The molecular weight excluding hydrogens is 404 g/mol. The number of fused-ring (bicyclic) bond motifs is 5. The van der Waals surface area contributed by atoms with E-state index in [1.165, 1.54) is 4.90 Å². The Morgan fingerprint density at radius 3 is 2.29 bits per heavy atom. The Morgan fingerprint density at radius 2 is 1.68 bits per heavy atom. The number of rotatable bonds is 3. The smallest absolute Gasteiger partial charge is 0.409 e. The molecule has 0 spiro atoms. The van der Waals surface area contributed by atoms with Gasteiger partial charge in [-0.3, -0.25) is 4.79 Å². The van der Waals surface area contributed by atoms with Gasteiger partial charge in [0.05, 0.1) is 0 Å². The highest BCUT2D eigenvalue weighted by Crippen LogP contribution is 2.55. The first-order chi connectivity index (χ1) is 14.8. The van der Waals surface area contributed by atoms with Gasteiger partial charge in [-0.05, 0) is 35.1 Å². The van der Waals surface area contributed by atoms with E-state index in [1.54, 1.807) is 0 Å². The molecule has 162 valence electrons. The van der Waals surface area contributed by atoms with E-state index in [-0.39, 0.29) is 31.9 Å². The monoisotopic (exact) mass is 427 g/mol. The number of ether oxygens (including phenoxy) is 1. The van der Waals surface area contributed by atoms with Crippen molar-refractivity contribution in [1.29, 1.82) is 0 Å². The van der Waals surface area contributed by atoms with Crippen LogP contribution >= 0.6 is 0 Å². The number of carboxylic acid groups (broad SMARTS) is 1. The second-order valence-electron chi connectivity index (χ2n) is 8.78. The van der Waals surface area contributed by atoms with Crippen LogP contribution in [0.5, 0.6) is 0 Å². The molecule has 0 aromatic heterocycles. The van der Waals surface area contributed by atoms with Gasteiger partial charge in [0, 0.05) is 24.9 Å². The topological polar surface area (TPSA) is 66.8 Å². The number of hydrogen-bond donors (Lipinski definition) is 1. The van der Waals surface area contributed by atoms with Gasteiger partial charge in [-0.15, -0.1) is 0 Å². The summed E-state index contributed by atoms with van der Waals surface area (Å²) in [6.45, 7) is -0.633. The molecule has 2 atom stereocenters. The number of carbonyl (C=O) groups is 2. The summed E-state index contributed by atoms with van der Waals surface area (Å²) in [6.07, 6.45) is -0.242. The van der Waals surface area contributed by atoms with Gasteiger partial charge in [0.2, 0.25) is 0 Å². The van der Waals surface area contributed by atoms with E-state index in [0.29, 0.717) is 6.42 Å². The lowest BCUT2D eigenvalue weighted by atomic mass is 9.63. The summed E-state index contributed by atoms with van der Waals surface area (Å²) in [5.41, 5.74) is 2.06. The highest BCUT2D eigenvalue weighted by atomic mass is 19.3. The predicted molar refractivity (Wildman–Crippen MR) is 109 cm³/mol. The molecule has 2 aromatic carbocycles. The zero-order valence-electron chi connectivity index (χ0n) is 16.9. The van der Waals surface area contributed by atoms with Crippen molar-refractivity contribution in [3.8, 4) is 11.1 Å². The standard InChI is InChI=1S/C24H23F2NO4/c25-24(26)15-6-5-11-23(24,21(28)29)14-27(12-15)22(30)31-13-20-18-9-3-1-7-16(18)17-8-2-4-10-19(17)20/h1-4,7-10,15,20H,5-6,11-14H2,(H,28,29). The molecule has 1 amide bonds. The summed E-state index contributed by atoms with van der Waals surface area (Å²) in [6, 6.07) is 15.8. The third-order valence-electron chi connectivity index (χ3n) is 7.21. The summed E-state index contributed by atoms with van der Waals surface area (Å²) >= 11 is 0. The van der Waals surface area contributed by atoms with E-state index in [9.17, 15) is 23.5 Å². The average Bonchev–Trinajstić information content (AvgIpc) is 3.05. The summed E-state index contributed by atoms with van der Waals surface area (Å²) in [7, 11) is 0. The third kappa shape index (κ3) is 2.86. The van der Waals surface area contributed by atoms with Crippen LogP contribution in [0.1, 0.15) is 36.3 Å². The molecule has 5 rings (SSSR count). The molecule has 3 aliphatic rings. The van der Waals surface area contributed by atoms with Crippen molar-refractivity contribution in [3.05, 3.63) is 59.7 Å². The third-order valence-corrected chi connectivity index (χ3v) is 7.21. The fraction of sp³-hybridized carbons (Fsp3) is 0.417. The molecule has 2 unspecified atom stereocenters. The number of nitrogens with zero attached hydrogens (tertiary/aromatic N) is 1. The van der Waals surface area contributed by atoms with Crippen LogP contribution in [0.25, 0.3) is 11.1 Å². The number of halogens is 2. The van der Waals surface area contributed by atoms with E-state index in [2.05, 4.69) is 0 Å². The number of carbonyl (C=O) groups excluding carboxylic acids is 1. The van der Waals surface area contributed by atoms with Crippen molar-refractivity contribution < 1.29 is 28.2 Å².